The first-order valence-corrected chi connectivity index (χ1v) is 6.76. The van der Waals surface area contributed by atoms with Gasteiger partial charge in [0.25, 0.3) is 5.22 Å². The summed E-state index contributed by atoms with van der Waals surface area (Å²) in [7, 11) is 0. The molecule has 2 heterocycles. The third-order valence-corrected chi connectivity index (χ3v) is 3.55. The van der Waals surface area contributed by atoms with E-state index >= 15 is 0 Å². The van der Waals surface area contributed by atoms with E-state index in [1.807, 2.05) is 30.3 Å². The van der Waals surface area contributed by atoms with Gasteiger partial charge in [0.15, 0.2) is 5.58 Å². The average Bonchev–Trinajstić information content (AvgIpc) is 2.81. The molecule has 0 saturated heterocycles. The lowest BCUT2D eigenvalue weighted by Crippen LogP contribution is -1.82. The van der Waals surface area contributed by atoms with Crippen LogP contribution in [0.15, 0.2) is 52.2 Å². The van der Waals surface area contributed by atoms with Gasteiger partial charge in [0.2, 0.25) is 0 Å². The van der Waals surface area contributed by atoms with Crippen LogP contribution in [0.25, 0.3) is 11.1 Å². The van der Waals surface area contributed by atoms with Crippen molar-refractivity contribution in [1.82, 2.24) is 9.97 Å². The molecular formula is C13H9ClN2OS. The number of oxazole rings is 1. The molecule has 3 rings (SSSR count). The van der Waals surface area contributed by atoms with Gasteiger partial charge in [-0.3, -0.25) is 0 Å². The van der Waals surface area contributed by atoms with Gasteiger partial charge >= 0.3 is 0 Å². The monoisotopic (exact) mass is 276 g/mol. The molecule has 0 bridgehead atoms. The molecule has 5 heteroatoms. The molecule has 0 aliphatic heterocycles. The Balaban J connectivity index is 1.74. The van der Waals surface area contributed by atoms with Crippen molar-refractivity contribution in [3.8, 4) is 0 Å². The molecular weight excluding hydrogens is 268 g/mol. The van der Waals surface area contributed by atoms with Crippen LogP contribution >= 0.6 is 23.4 Å². The van der Waals surface area contributed by atoms with E-state index in [1.165, 1.54) is 0 Å². The fraction of sp³-hybridized carbons (Fsp3) is 0.0769. The topological polar surface area (TPSA) is 38.9 Å². The van der Waals surface area contributed by atoms with Crippen LogP contribution in [-0.2, 0) is 5.75 Å². The Bertz CT molecular complexity index is 633. The van der Waals surface area contributed by atoms with Gasteiger partial charge < -0.3 is 4.42 Å². The van der Waals surface area contributed by atoms with E-state index in [1.54, 1.807) is 24.0 Å². The molecule has 0 fully saturated rings. The van der Waals surface area contributed by atoms with E-state index in [2.05, 4.69) is 9.97 Å². The van der Waals surface area contributed by atoms with Crippen LogP contribution in [0.2, 0.25) is 5.15 Å². The summed E-state index contributed by atoms with van der Waals surface area (Å²) in [5, 5.41) is 1.18. The van der Waals surface area contributed by atoms with E-state index in [-0.39, 0.29) is 0 Å². The lowest BCUT2D eigenvalue weighted by atomic mass is 10.3. The normalized spacial score (nSPS) is 10.9. The van der Waals surface area contributed by atoms with Crippen molar-refractivity contribution in [2.45, 2.75) is 11.0 Å². The molecule has 0 unspecified atom stereocenters. The predicted molar refractivity (Wildman–Crippen MR) is 72.8 cm³/mol. The Labute approximate surface area is 113 Å². The molecule has 0 aliphatic rings. The number of hydrogen-bond donors (Lipinski definition) is 0. The van der Waals surface area contributed by atoms with Crippen LogP contribution < -0.4 is 0 Å². The van der Waals surface area contributed by atoms with E-state index in [9.17, 15) is 0 Å². The number of para-hydroxylation sites is 2. The van der Waals surface area contributed by atoms with Gasteiger partial charge in [0, 0.05) is 11.9 Å². The van der Waals surface area contributed by atoms with Gasteiger partial charge in [-0.15, -0.1) is 0 Å². The highest BCUT2D eigenvalue weighted by Gasteiger charge is 2.05. The fourth-order valence-corrected chi connectivity index (χ4v) is 2.43. The molecule has 0 radical (unpaired) electrons. The van der Waals surface area contributed by atoms with Gasteiger partial charge in [-0.05, 0) is 23.8 Å². The second-order valence-electron chi connectivity index (χ2n) is 3.73. The average molecular weight is 277 g/mol. The molecule has 0 spiro atoms. The minimum Gasteiger partial charge on any atom is -0.431 e. The Morgan fingerprint density at radius 3 is 2.83 bits per heavy atom. The number of aromatic nitrogens is 2. The van der Waals surface area contributed by atoms with Crippen LogP contribution in [0.4, 0.5) is 0 Å². The van der Waals surface area contributed by atoms with Crippen LogP contribution in [0.3, 0.4) is 0 Å². The molecule has 0 amide bonds. The maximum absolute atomic E-state index is 5.73. The zero-order valence-corrected chi connectivity index (χ0v) is 10.9. The predicted octanol–water partition coefficient (Wildman–Crippen LogP) is 4.17. The maximum Gasteiger partial charge on any atom is 0.257 e. The third-order valence-electron chi connectivity index (χ3n) is 2.43. The highest BCUT2D eigenvalue weighted by Crippen LogP contribution is 2.25. The van der Waals surface area contributed by atoms with Gasteiger partial charge in [0.1, 0.15) is 10.7 Å². The van der Waals surface area contributed by atoms with E-state index in [0.29, 0.717) is 10.4 Å². The molecule has 18 heavy (non-hydrogen) atoms. The summed E-state index contributed by atoms with van der Waals surface area (Å²) >= 11 is 7.28. The van der Waals surface area contributed by atoms with Crippen LogP contribution in [0.5, 0.6) is 0 Å². The molecule has 0 atom stereocenters. The number of fused-ring (bicyclic) bond motifs is 1. The molecule has 0 saturated carbocycles. The number of hydrogen-bond acceptors (Lipinski definition) is 4. The van der Waals surface area contributed by atoms with Crippen molar-refractivity contribution in [2.75, 3.05) is 0 Å². The minimum absolute atomic E-state index is 0.505. The fourth-order valence-electron chi connectivity index (χ4n) is 1.55. The largest absolute Gasteiger partial charge is 0.431 e. The third kappa shape index (κ3) is 2.49. The summed E-state index contributed by atoms with van der Waals surface area (Å²) < 4.78 is 5.62. The van der Waals surface area contributed by atoms with E-state index in [0.717, 1.165) is 22.4 Å². The Morgan fingerprint density at radius 2 is 2.06 bits per heavy atom. The van der Waals surface area contributed by atoms with Crippen molar-refractivity contribution in [1.29, 1.82) is 0 Å². The first-order chi connectivity index (χ1) is 8.81. The summed E-state index contributed by atoms with van der Waals surface area (Å²) in [4.78, 5) is 8.43. The first-order valence-electron chi connectivity index (χ1n) is 5.40. The maximum atomic E-state index is 5.73. The second kappa shape index (κ2) is 5.00. The van der Waals surface area contributed by atoms with E-state index in [4.69, 9.17) is 16.0 Å². The van der Waals surface area contributed by atoms with Crippen LogP contribution in [0.1, 0.15) is 5.56 Å². The summed E-state index contributed by atoms with van der Waals surface area (Å²) in [6.07, 6.45) is 1.76. The Morgan fingerprint density at radius 1 is 1.17 bits per heavy atom. The summed E-state index contributed by atoms with van der Waals surface area (Å²) in [5.74, 6) is 0.761. The standard InChI is InChI=1S/C13H9ClN2OS/c14-12-6-5-9(7-15-12)8-18-13-16-10-3-1-2-4-11(10)17-13/h1-7H,8H2. The van der Waals surface area contributed by atoms with Crippen LogP contribution in [-0.4, -0.2) is 9.97 Å². The van der Waals surface area contributed by atoms with Crippen molar-refractivity contribution >= 4 is 34.5 Å². The number of thioether (sulfide) groups is 1. The molecule has 0 N–H and O–H groups in total. The molecule has 3 aromatic rings. The van der Waals surface area contributed by atoms with Gasteiger partial charge in [0.05, 0.1) is 0 Å². The SMILES string of the molecule is Clc1ccc(CSc2nc3ccccc3o2)cn1. The van der Waals surface area contributed by atoms with E-state index < -0.39 is 0 Å². The zero-order valence-electron chi connectivity index (χ0n) is 9.34. The Hall–Kier alpha value is -1.52. The van der Waals surface area contributed by atoms with Gasteiger partial charge in [-0.25, -0.2) is 9.97 Å². The van der Waals surface area contributed by atoms with Crippen molar-refractivity contribution in [3.63, 3.8) is 0 Å². The number of benzene rings is 1. The van der Waals surface area contributed by atoms with Gasteiger partial charge in [-0.2, -0.15) is 0 Å². The summed E-state index contributed by atoms with van der Waals surface area (Å²) in [6, 6.07) is 11.5. The quantitative estimate of drug-likeness (QED) is 0.532. The molecule has 0 aliphatic carbocycles. The van der Waals surface area contributed by atoms with Crippen molar-refractivity contribution in [2.24, 2.45) is 0 Å². The lowest BCUT2D eigenvalue weighted by molar-refractivity contribution is 0.489. The van der Waals surface area contributed by atoms with Crippen LogP contribution in [0, 0.1) is 0 Å². The van der Waals surface area contributed by atoms with Crippen molar-refractivity contribution in [3.05, 3.63) is 53.3 Å². The van der Waals surface area contributed by atoms with Gasteiger partial charge in [-0.1, -0.05) is 41.6 Å². The smallest absolute Gasteiger partial charge is 0.257 e. The summed E-state index contributed by atoms with van der Waals surface area (Å²) in [6.45, 7) is 0. The zero-order chi connectivity index (χ0) is 12.4. The summed E-state index contributed by atoms with van der Waals surface area (Å²) in [5.41, 5.74) is 2.79. The second-order valence-corrected chi connectivity index (χ2v) is 5.04. The molecule has 90 valence electrons. The number of nitrogens with zero attached hydrogens (tertiary/aromatic N) is 2. The molecule has 1 aromatic carbocycles. The number of pyridine rings is 1. The molecule has 3 nitrogen and oxygen atoms in total. The first kappa shape index (κ1) is 11.6. The number of rotatable bonds is 3. The van der Waals surface area contributed by atoms with Crippen molar-refractivity contribution < 1.29 is 4.42 Å². The molecule has 2 aromatic heterocycles. The Kier molecular flexibility index (Phi) is 3.21. The minimum atomic E-state index is 0.505. The highest BCUT2D eigenvalue weighted by molar-refractivity contribution is 7.98. The lowest BCUT2D eigenvalue weighted by Gasteiger charge is -1.97. The number of halogens is 1. The highest BCUT2D eigenvalue weighted by atomic mass is 35.5.